The van der Waals surface area contributed by atoms with Crippen molar-refractivity contribution in [3.8, 4) is 0 Å². The third-order valence-electron chi connectivity index (χ3n) is 7.50. The Morgan fingerprint density at radius 2 is 1.78 bits per heavy atom. The van der Waals surface area contributed by atoms with Gasteiger partial charge in [0.1, 0.15) is 5.82 Å². The van der Waals surface area contributed by atoms with E-state index in [2.05, 4.69) is 34.6 Å². The quantitative estimate of drug-likeness (QED) is 0.564. The van der Waals surface area contributed by atoms with E-state index in [4.69, 9.17) is 0 Å². The van der Waals surface area contributed by atoms with Gasteiger partial charge in [0.2, 0.25) is 0 Å². The summed E-state index contributed by atoms with van der Waals surface area (Å²) in [5.41, 5.74) is 3.86. The number of amides is 3. The number of rotatable bonds is 7. The van der Waals surface area contributed by atoms with Gasteiger partial charge in [-0.15, -0.1) is 0 Å². The van der Waals surface area contributed by atoms with Crippen LogP contribution in [-0.4, -0.2) is 60.0 Å². The van der Waals surface area contributed by atoms with Gasteiger partial charge in [0.05, 0.1) is 0 Å². The van der Waals surface area contributed by atoms with Crippen molar-refractivity contribution in [3.63, 3.8) is 0 Å². The summed E-state index contributed by atoms with van der Waals surface area (Å²) in [6.07, 6.45) is 5.24. The molecule has 1 unspecified atom stereocenters. The number of piperidine rings is 1. The third kappa shape index (κ3) is 6.64. The second-order valence-electron chi connectivity index (χ2n) is 10.5. The van der Waals surface area contributed by atoms with Gasteiger partial charge in [0.15, 0.2) is 0 Å². The number of benzene rings is 2. The van der Waals surface area contributed by atoms with Gasteiger partial charge in [-0.1, -0.05) is 13.0 Å². The van der Waals surface area contributed by atoms with Gasteiger partial charge in [0, 0.05) is 43.0 Å². The fourth-order valence-electron chi connectivity index (χ4n) is 5.46. The summed E-state index contributed by atoms with van der Waals surface area (Å²) < 4.78 is 13.2. The Labute approximate surface area is 214 Å². The highest BCUT2D eigenvalue weighted by molar-refractivity contribution is 6.04. The minimum absolute atomic E-state index is 0.0574. The zero-order valence-corrected chi connectivity index (χ0v) is 21.7. The molecule has 0 bridgehead atoms. The molecule has 2 aromatic rings. The maximum atomic E-state index is 13.2. The first-order valence-corrected chi connectivity index (χ1v) is 13.3. The molecular weight excluding hydrogens is 455 g/mol. The smallest absolute Gasteiger partial charge is 0.317 e. The summed E-state index contributed by atoms with van der Waals surface area (Å²) >= 11 is 0. The predicted molar refractivity (Wildman–Crippen MR) is 142 cm³/mol. The number of carbonyl (C=O) groups is 2. The molecule has 4 rings (SSSR count). The number of halogens is 1. The first kappa shape index (κ1) is 26.1. The lowest BCUT2D eigenvalue weighted by atomic mass is 9.86. The number of anilines is 1. The summed E-state index contributed by atoms with van der Waals surface area (Å²) in [4.78, 5) is 29.5. The van der Waals surface area contributed by atoms with Crippen LogP contribution in [0.5, 0.6) is 0 Å². The molecule has 1 atom stereocenters. The van der Waals surface area contributed by atoms with Crippen LogP contribution in [0.25, 0.3) is 0 Å². The van der Waals surface area contributed by atoms with E-state index in [9.17, 15) is 14.0 Å². The minimum Gasteiger partial charge on any atom is -0.336 e. The van der Waals surface area contributed by atoms with Gasteiger partial charge in [-0.3, -0.25) is 4.79 Å². The molecular formula is C29H39FN4O2. The monoisotopic (exact) mass is 494 g/mol. The van der Waals surface area contributed by atoms with E-state index in [1.807, 2.05) is 24.8 Å². The summed E-state index contributed by atoms with van der Waals surface area (Å²) in [7, 11) is 0. The van der Waals surface area contributed by atoms with E-state index < -0.39 is 0 Å². The Bertz CT molecular complexity index is 1050. The van der Waals surface area contributed by atoms with Crippen LogP contribution in [0.15, 0.2) is 42.5 Å². The first-order chi connectivity index (χ1) is 17.3. The maximum Gasteiger partial charge on any atom is 0.317 e. The lowest BCUT2D eigenvalue weighted by Crippen LogP contribution is -2.48. The van der Waals surface area contributed by atoms with Crippen molar-refractivity contribution in [2.75, 3.05) is 31.5 Å². The molecule has 1 saturated heterocycles. The van der Waals surface area contributed by atoms with Gasteiger partial charge in [0.25, 0.3) is 5.91 Å². The summed E-state index contributed by atoms with van der Waals surface area (Å²) in [6, 6.07) is 12.5. The molecule has 1 aliphatic heterocycles. The van der Waals surface area contributed by atoms with E-state index >= 15 is 0 Å². The van der Waals surface area contributed by atoms with E-state index in [1.165, 1.54) is 35.4 Å². The lowest BCUT2D eigenvalue weighted by Gasteiger charge is -2.39. The Balaban J connectivity index is 1.33. The number of aryl methyl sites for hydroxylation is 1. The number of nitrogens with one attached hydrogen (secondary N) is 2. The Hall–Kier alpha value is -2.93. The largest absolute Gasteiger partial charge is 0.336 e. The molecule has 2 aromatic carbocycles. The number of likely N-dealkylation sites (tertiary alicyclic amines) is 1. The molecule has 2 N–H and O–H groups in total. The molecule has 1 aliphatic carbocycles. The highest BCUT2D eigenvalue weighted by Crippen LogP contribution is 2.29. The maximum absolute atomic E-state index is 13.2. The average molecular weight is 495 g/mol. The summed E-state index contributed by atoms with van der Waals surface area (Å²) in [5.74, 6) is 0.0238. The van der Waals surface area contributed by atoms with Crippen molar-refractivity contribution >= 4 is 17.6 Å². The van der Waals surface area contributed by atoms with Crippen LogP contribution in [-0.2, 0) is 12.8 Å². The van der Waals surface area contributed by atoms with E-state index in [0.717, 1.165) is 64.0 Å². The summed E-state index contributed by atoms with van der Waals surface area (Å²) in [6.45, 7) is 9.95. The number of fused-ring (bicyclic) bond motifs is 1. The van der Waals surface area contributed by atoms with Crippen LogP contribution in [0.2, 0.25) is 0 Å². The van der Waals surface area contributed by atoms with E-state index in [-0.39, 0.29) is 23.8 Å². The average Bonchev–Trinajstić information content (AvgIpc) is 2.87. The van der Waals surface area contributed by atoms with Gasteiger partial charge >= 0.3 is 6.03 Å². The number of nitrogens with zero attached hydrogens (tertiary/aromatic N) is 2. The normalized spacial score (nSPS) is 18.3. The van der Waals surface area contributed by atoms with Gasteiger partial charge in [-0.05, 0) is 106 Å². The molecule has 3 amide bonds. The number of likely N-dealkylation sites (N-methyl/N-ethyl adjacent to an activating group) is 1. The molecule has 1 fully saturated rings. The fourth-order valence-corrected chi connectivity index (χ4v) is 5.46. The molecule has 194 valence electrons. The third-order valence-corrected chi connectivity index (χ3v) is 7.50. The van der Waals surface area contributed by atoms with E-state index in [0.29, 0.717) is 17.5 Å². The topological polar surface area (TPSA) is 64.7 Å². The lowest BCUT2D eigenvalue weighted by molar-refractivity contribution is 0.102. The first-order valence-electron chi connectivity index (χ1n) is 13.3. The van der Waals surface area contributed by atoms with Crippen molar-refractivity contribution in [1.29, 1.82) is 0 Å². The fraction of sp³-hybridized carbons (Fsp3) is 0.517. The van der Waals surface area contributed by atoms with Crippen LogP contribution >= 0.6 is 0 Å². The molecule has 1 heterocycles. The Morgan fingerprint density at radius 3 is 2.44 bits per heavy atom. The highest BCUT2D eigenvalue weighted by atomic mass is 19.1. The van der Waals surface area contributed by atoms with Crippen molar-refractivity contribution < 1.29 is 14.0 Å². The van der Waals surface area contributed by atoms with Gasteiger partial charge in [-0.25, -0.2) is 9.18 Å². The zero-order chi connectivity index (χ0) is 25.7. The standard InChI is InChI=1S/C29H39FN4O2/c1-4-33(19-21-13-15-34(16-14-21)29(36)31-20(2)3)27-12-8-22-7-11-26(17-24(22)18-27)32-28(35)23-5-9-25(30)10-6-23/h5-7,9-11,17,20-21,27H,4,8,12-16,18-19H2,1-3H3,(H,31,36)(H,32,35). The molecule has 6 nitrogen and oxygen atoms in total. The Morgan fingerprint density at radius 1 is 1.06 bits per heavy atom. The highest BCUT2D eigenvalue weighted by Gasteiger charge is 2.28. The zero-order valence-electron chi connectivity index (χ0n) is 21.7. The van der Waals surface area contributed by atoms with Crippen molar-refractivity contribution in [2.24, 2.45) is 5.92 Å². The molecule has 36 heavy (non-hydrogen) atoms. The number of hydrogen-bond acceptors (Lipinski definition) is 3. The molecule has 0 aromatic heterocycles. The molecule has 7 heteroatoms. The Kier molecular flexibility index (Phi) is 8.62. The number of urea groups is 1. The minimum atomic E-state index is -0.353. The molecule has 2 aliphatic rings. The van der Waals surface area contributed by atoms with Crippen LogP contribution in [0.3, 0.4) is 0 Å². The number of hydrogen-bond donors (Lipinski definition) is 2. The SMILES string of the molecule is CCN(CC1CCN(C(=O)NC(C)C)CC1)C1CCc2ccc(NC(=O)c3ccc(F)cc3)cc2C1. The van der Waals surface area contributed by atoms with Crippen LogP contribution in [0.4, 0.5) is 14.9 Å². The number of carbonyl (C=O) groups excluding carboxylic acids is 2. The van der Waals surface area contributed by atoms with Crippen molar-refractivity contribution in [2.45, 2.75) is 65.0 Å². The van der Waals surface area contributed by atoms with Crippen molar-refractivity contribution in [3.05, 3.63) is 65.0 Å². The van der Waals surface area contributed by atoms with Crippen molar-refractivity contribution in [1.82, 2.24) is 15.1 Å². The van der Waals surface area contributed by atoms with Gasteiger partial charge < -0.3 is 20.4 Å². The second kappa shape index (κ2) is 11.9. The van der Waals surface area contributed by atoms with E-state index in [1.54, 1.807) is 0 Å². The molecule has 0 saturated carbocycles. The summed E-state index contributed by atoms with van der Waals surface area (Å²) in [5, 5.41) is 5.97. The predicted octanol–water partition coefficient (Wildman–Crippen LogP) is 5.09. The second-order valence-corrected chi connectivity index (χ2v) is 10.5. The van der Waals surface area contributed by atoms with Crippen LogP contribution in [0, 0.1) is 11.7 Å². The van der Waals surface area contributed by atoms with Crippen LogP contribution in [0.1, 0.15) is 61.5 Å². The van der Waals surface area contributed by atoms with Gasteiger partial charge in [-0.2, -0.15) is 0 Å². The molecule has 0 radical (unpaired) electrons. The van der Waals surface area contributed by atoms with Crippen LogP contribution < -0.4 is 10.6 Å². The molecule has 0 spiro atoms.